The predicted molar refractivity (Wildman–Crippen MR) is 127 cm³/mol. The first-order valence-corrected chi connectivity index (χ1v) is 11.7. The number of aliphatic hydroxyl groups excluding tert-OH is 1. The molecule has 2 amide bonds. The summed E-state index contributed by atoms with van der Waals surface area (Å²) in [6, 6.07) is 12.7. The van der Waals surface area contributed by atoms with Gasteiger partial charge in [-0.05, 0) is 48.5 Å². The molecule has 0 atom stereocenters. The van der Waals surface area contributed by atoms with Gasteiger partial charge in [0.2, 0.25) is 10.0 Å². The highest BCUT2D eigenvalue weighted by atomic mass is 32.2. The van der Waals surface area contributed by atoms with Crippen molar-refractivity contribution in [3.8, 4) is 17.1 Å². The molecule has 0 spiro atoms. The van der Waals surface area contributed by atoms with Crippen LogP contribution in [0.4, 0.5) is 27.7 Å². The number of amides is 2. The molecule has 1 heterocycles. The van der Waals surface area contributed by atoms with Gasteiger partial charge in [0.05, 0.1) is 26.2 Å². The second-order valence-corrected chi connectivity index (χ2v) is 8.62. The van der Waals surface area contributed by atoms with Crippen LogP contribution in [0.1, 0.15) is 0 Å². The second-order valence-electron chi connectivity index (χ2n) is 6.87. The largest absolute Gasteiger partial charge is 0.491 e. The van der Waals surface area contributed by atoms with Crippen molar-refractivity contribution >= 4 is 38.9 Å². The summed E-state index contributed by atoms with van der Waals surface area (Å²) in [7, 11) is -1.86. The van der Waals surface area contributed by atoms with Gasteiger partial charge in [-0.25, -0.2) is 23.2 Å². The van der Waals surface area contributed by atoms with Crippen LogP contribution in [0, 0.1) is 0 Å². The average Bonchev–Trinajstić information content (AvgIpc) is 2.78. The fourth-order valence-corrected chi connectivity index (χ4v) is 3.36. The number of aromatic nitrogens is 2. The SMILES string of the molecule is COc1cnc(-c2ccc(NC(=O)Nc3ccc(NS(C)(=O)=O)cc3)cc2)nc1NCCO. The molecule has 0 aliphatic heterocycles. The first kappa shape index (κ1) is 23.8. The molecule has 2 aromatic carbocycles. The molecular formula is C21H24N6O5S. The summed E-state index contributed by atoms with van der Waals surface area (Å²) in [5, 5.41) is 17.4. The van der Waals surface area contributed by atoms with Crippen molar-refractivity contribution in [1.29, 1.82) is 0 Å². The molecule has 0 fully saturated rings. The van der Waals surface area contributed by atoms with Crippen molar-refractivity contribution in [2.24, 2.45) is 0 Å². The number of benzene rings is 2. The molecule has 0 aliphatic carbocycles. The lowest BCUT2D eigenvalue weighted by atomic mass is 10.2. The maximum absolute atomic E-state index is 12.3. The van der Waals surface area contributed by atoms with E-state index in [-0.39, 0.29) is 6.61 Å². The zero-order valence-corrected chi connectivity index (χ0v) is 18.8. The van der Waals surface area contributed by atoms with E-state index in [2.05, 4.69) is 30.6 Å². The van der Waals surface area contributed by atoms with Crippen molar-refractivity contribution in [3.63, 3.8) is 0 Å². The number of sulfonamides is 1. The van der Waals surface area contributed by atoms with Crippen molar-refractivity contribution in [1.82, 2.24) is 9.97 Å². The smallest absolute Gasteiger partial charge is 0.323 e. The zero-order valence-electron chi connectivity index (χ0n) is 18.0. The number of nitrogens with one attached hydrogen (secondary N) is 4. The van der Waals surface area contributed by atoms with E-state index in [4.69, 9.17) is 9.84 Å². The number of rotatable bonds is 9. The molecule has 0 radical (unpaired) electrons. The third kappa shape index (κ3) is 7.05. The Morgan fingerprint density at radius 1 is 1.00 bits per heavy atom. The van der Waals surface area contributed by atoms with Gasteiger partial charge < -0.3 is 25.8 Å². The van der Waals surface area contributed by atoms with Gasteiger partial charge in [0, 0.05) is 29.2 Å². The quantitative estimate of drug-likeness (QED) is 0.318. The van der Waals surface area contributed by atoms with Gasteiger partial charge >= 0.3 is 6.03 Å². The molecule has 3 rings (SSSR count). The number of aliphatic hydroxyl groups is 1. The van der Waals surface area contributed by atoms with Crippen LogP contribution in [0.2, 0.25) is 0 Å². The molecule has 0 aliphatic rings. The minimum atomic E-state index is -3.37. The molecule has 0 bridgehead atoms. The monoisotopic (exact) mass is 472 g/mol. The molecule has 12 heteroatoms. The maximum atomic E-state index is 12.3. The molecule has 174 valence electrons. The van der Waals surface area contributed by atoms with Crippen LogP contribution < -0.4 is 25.4 Å². The minimum Gasteiger partial charge on any atom is -0.491 e. The minimum absolute atomic E-state index is 0.0490. The number of urea groups is 1. The van der Waals surface area contributed by atoms with Crippen molar-refractivity contribution in [2.75, 3.05) is 47.2 Å². The highest BCUT2D eigenvalue weighted by molar-refractivity contribution is 7.92. The van der Waals surface area contributed by atoms with Crippen LogP contribution >= 0.6 is 0 Å². The fourth-order valence-electron chi connectivity index (χ4n) is 2.79. The summed E-state index contributed by atoms with van der Waals surface area (Å²) in [5.74, 6) is 1.38. The molecule has 5 N–H and O–H groups in total. The molecule has 0 saturated heterocycles. The van der Waals surface area contributed by atoms with Crippen LogP contribution in [0.25, 0.3) is 11.4 Å². The Morgan fingerprint density at radius 3 is 2.12 bits per heavy atom. The van der Waals surface area contributed by atoms with Gasteiger partial charge in [-0.2, -0.15) is 0 Å². The zero-order chi connectivity index (χ0) is 23.8. The van der Waals surface area contributed by atoms with Gasteiger partial charge in [-0.15, -0.1) is 0 Å². The number of hydrogen-bond acceptors (Lipinski definition) is 8. The Labute approximate surface area is 191 Å². The highest BCUT2D eigenvalue weighted by Gasteiger charge is 2.10. The van der Waals surface area contributed by atoms with Crippen molar-refractivity contribution in [3.05, 3.63) is 54.7 Å². The van der Waals surface area contributed by atoms with Crippen LogP contribution in [-0.2, 0) is 10.0 Å². The number of ether oxygens (including phenoxy) is 1. The van der Waals surface area contributed by atoms with Crippen LogP contribution in [0.3, 0.4) is 0 Å². The molecule has 3 aromatic rings. The third-order valence-corrected chi connectivity index (χ3v) is 4.83. The van der Waals surface area contributed by atoms with Crippen LogP contribution in [0.15, 0.2) is 54.7 Å². The number of carbonyl (C=O) groups is 1. The Hall–Kier alpha value is -3.90. The molecule has 1 aromatic heterocycles. The maximum Gasteiger partial charge on any atom is 0.323 e. The van der Waals surface area contributed by atoms with Gasteiger partial charge in [0.1, 0.15) is 0 Å². The number of nitrogens with zero attached hydrogens (tertiary/aromatic N) is 2. The topological polar surface area (TPSA) is 155 Å². The van der Waals surface area contributed by atoms with E-state index in [1.807, 2.05) is 0 Å². The predicted octanol–water partition coefficient (Wildman–Crippen LogP) is 2.57. The summed E-state index contributed by atoms with van der Waals surface area (Å²) < 4.78 is 30.1. The van der Waals surface area contributed by atoms with Crippen molar-refractivity contribution in [2.45, 2.75) is 0 Å². The Bertz CT molecular complexity index is 1200. The Balaban J connectivity index is 1.63. The third-order valence-electron chi connectivity index (χ3n) is 4.23. The number of hydrogen-bond donors (Lipinski definition) is 5. The Morgan fingerprint density at radius 2 is 1.58 bits per heavy atom. The van der Waals surface area contributed by atoms with E-state index in [1.54, 1.807) is 54.7 Å². The standard InChI is InChI=1S/C21H24N6O5S/c1-32-18-13-23-19(26-20(18)22-11-12-28)14-3-5-15(6-4-14)24-21(29)25-16-7-9-17(10-8-16)27-33(2,30)31/h3-10,13,27-28H,11-12H2,1-2H3,(H,22,23,26)(H2,24,25,29). The van der Waals surface area contributed by atoms with E-state index in [0.29, 0.717) is 41.0 Å². The lowest BCUT2D eigenvalue weighted by Crippen LogP contribution is -2.19. The lowest BCUT2D eigenvalue weighted by molar-refractivity contribution is 0.262. The van der Waals surface area contributed by atoms with E-state index in [9.17, 15) is 13.2 Å². The summed E-state index contributed by atoms with van der Waals surface area (Å²) in [6.45, 7) is 0.272. The highest BCUT2D eigenvalue weighted by Crippen LogP contribution is 2.25. The lowest BCUT2D eigenvalue weighted by Gasteiger charge is -2.11. The van der Waals surface area contributed by atoms with Crippen LogP contribution in [0.5, 0.6) is 5.75 Å². The van der Waals surface area contributed by atoms with E-state index >= 15 is 0 Å². The van der Waals surface area contributed by atoms with E-state index < -0.39 is 16.1 Å². The van der Waals surface area contributed by atoms with E-state index in [1.165, 1.54) is 7.11 Å². The number of carbonyl (C=O) groups excluding carboxylic acids is 1. The first-order valence-electron chi connectivity index (χ1n) is 9.79. The Kier molecular flexibility index (Phi) is 7.64. The average molecular weight is 473 g/mol. The normalized spacial score (nSPS) is 10.9. The number of methoxy groups -OCH3 is 1. The molecular weight excluding hydrogens is 448 g/mol. The second kappa shape index (κ2) is 10.6. The molecule has 33 heavy (non-hydrogen) atoms. The summed E-state index contributed by atoms with van der Waals surface area (Å²) in [4.78, 5) is 21.0. The summed E-state index contributed by atoms with van der Waals surface area (Å²) >= 11 is 0. The number of anilines is 4. The van der Waals surface area contributed by atoms with Crippen LogP contribution in [-0.4, -0.2) is 56.0 Å². The fraction of sp³-hybridized carbons (Fsp3) is 0.190. The first-order chi connectivity index (χ1) is 15.8. The van der Waals surface area contributed by atoms with Gasteiger partial charge in [-0.1, -0.05) is 0 Å². The summed E-state index contributed by atoms with van der Waals surface area (Å²) in [6.07, 6.45) is 2.60. The molecule has 0 saturated carbocycles. The summed E-state index contributed by atoms with van der Waals surface area (Å²) in [5.41, 5.74) is 2.18. The van der Waals surface area contributed by atoms with Gasteiger partial charge in [-0.3, -0.25) is 4.72 Å². The van der Waals surface area contributed by atoms with Crippen molar-refractivity contribution < 1.29 is 23.1 Å². The molecule has 11 nitrogen and oxygen atoms in total. The van der Waals surface area contributed by atoms with Gasteiger partial charge in [0.15, 0.2) is 17.4 Å². The molecule has 0 unspecified atom stereocenters. The van der Waals surface area contributed by atoms with Gasteiger partial charge in [0.25, 0.3) is 0 Å². The van der Waals surface area contributed by atoms with E-state index in [0.717, 1.165) is 11.8 Å².